The van der Waals surface area contributed by atoms with E-state index in [1.165, 1.54) is 32.1 Å². The third-order valence-corrected chi connectivity index (χ3v) is 7.66. The number of nitrogens with zero attached hydrogens (tertiary/aromatic N) is 4. The van der Waals surface area contributed by atoms with Gasteiger partial charge in [0.2, 0.25) is 0 Å². The maximum Gasteiger partial charge on any atom is 0.416 e. The Balaban J connectivity index is 1.61. The Kier molecular flexibility index (Phi) is 6.39. The van der Waals surface area contributed by atoms with E-state index < -0.39 is 27.9 Å². The number of alkyl halides is 3. The van der Waals surface area contributed by atoms with Crippen LogP contribution in [0.5, 0.6) is 0 Å². The largest absolute Gasteiger partial charge is 0.416 e. The van der Waals surface area contributed by atoms with Gasteiger partial charge >= 0.3 is 6.18 Å². The summed E-state index contributed by atoms with van der Waals surface area (Å²) in [6.45, 7) is 5.05. The third kappa shape index (κ3) is 4.59. The number of aryl methyl sites for hydroxylation is 1. The first-order chi connectivity index (χ1) is 15.1. The number of anilines is 1. The minimum absolute atomic E-state index is 0.0554. The van der Waals surface area contributed by atoms with Gasteiger partial charge in [-0.3, -0.25) is 19.8 Å². The van der Waals surface area contributed by atoms with Crippen molar-refractivity contribution in [1.29, 1.82) is 0 Å². The van der Waals surface area contributed by atoms with E-state index >= 15 is 0 Å². The second kappa shape index (κ2) is 8.93. The van der Waals surface area contributed by atoms with Crippen molar-refractivity contribution in [2.75, 3.05) is 37.6 Å². The molecule has 0 spiro atoms. The van der Waals surface area contributed by atoms with E-state index in [2.05, 4.69) is 9.88 Å². The van der Waals surface area contributed by atoms with Crippen LogP contribution in [0.25, 0.3) is 10.1 Å². The van der Waals surface area contributed by atoms with E-state index in [0.717, 1.165) is 43.8 Å². The SMILES string of the molecule is Cc1c(C(F)(F)F)cc([N+](=O)[O-])c2sc(N3CCN(CC4CCCCC4)CC3)nc(=O)c12. The quantitative estimate of drug-likeness (QED) is 0.480. The van der Waals surface area contributed by atoms with Crippen LogP contribution in [0.2, 0.25) is 0 Å². The maximum absolute atomic E-state index is 13.4. The van der Waals surface area contributed by atoms with Crippen LogP contribution in [0.4, 0.5) is 24.0 Å². The summed E-state index contributed by atoms with van der Waals surface area (Å²) >= 11 is 0.920. The van der Waals surface area contributed by atoms with Gasteiger partial charge in [0, 0.05) is 38.8 Å². The van der Waals surface area contributed by atoms with Crippen molar-refractivity contribution in [2.45, 2.75) is 45.2 Å². The molecule has 1 saturated carbocycles. The average Bonchev–Trinajstić information content (AvgIpc) is 2.73. The molecule has 2 fully saturated rings. The second-order valence-corrected chi connectivity index (χ2v) is 9.60. The predicted octanol–water partition coefficient (Wildman–Crippen LogP) is 4.59. The summed E-state index contributed by atoms with van der Waals surface area (Å²) in [4.78, 5) is 31.7. The lowest BCUT2D eigenvalue weighted by Gasteiger charge is -2.37. The molecule has 2 aliphatic rings. The summed E-state index contributed by atoms with van der Waals surface area (Å²) in [5.41, 5.74) is -3.06. The first-order valence-corrected chi connectivity index (χ1v) is 11.6. The minimum Gasteiger partial charge on any atom is -0.345 e. The molecule has 4 rings (SSSR count). The number of hydrogen-bond donors (Lipinski definition) is 0. The summed E-state index contributed by atoms with van der Waals surface area (Å²) in [7, 11) is 0. The van der Waals surface area contributed by atoms with Gasteiger partial charge in [0.15, 0.2) is 5.13 Å². The smallest absolute Gasteiger partial charge is 0.345 e. The number of aromatic nitrogens is 1. The number of nitro benzene ring substituents is 1. The van der Waals surface area contributed by atoms with Crippen molar-refractivity contribution < 1.29 is 18.1 Å². The lowest BCUT2D eigenvalue weighted by Crippen LogP contribution is -2.48. The molecule has 11 heteroatoms. The van der Waals surface area contributed by atoms with E-state index in [0.29, 0.717) is 24.3 Å². The summed E-state index contributed by atoms with van der Waals surface area (Å²) in [5, 5.41) is 11.5. The highest BCUT2D eigenvalue weighted by atomic mass is 32.1. The van der Waals surface area contributed by atoms with E-state index in [4.69, 9.17) is 0 Å². The van der Waals surface area contributed by atoms with Crippen molar-refractivity contribution in [3.8, 4) is 0 Å². The summed E-state index contributed by atoms with van der Waals surface area (Å²) < 4.78 is 40.1. The summed E-state index contributed by atoms with van der Waals surface area (Å²) in [6.07, 6.45) is 1.61. The molecule has 1 saturated heterocycles. The van der Waals surface area contributed by atoms with Crippen LogP contribution < -0.4 is 10.5 Å². The zero-order chi connectivity index (χ0) is 23.0. The van der Waals surface area contributed by atoms with E-state index in [1.54, 1.807) is 0 Å². The molecule has 0 N–H and O–H groups in total. The van der Waals surface area contributed by atoms with Crippen LogP contribution in [0.15, 0.2) is 10.9 Å². The maximum atomic E-state index is 13.4. The Morgan fingerprint density at radius 1 is 1.19 bits per heavy atom. The van der Waals surface area contributed by atoms with Gasteiger partial charge in [0.05, 0.1) is 15.9 Å². The third-order valence-electron chi connectivity index (χ3n) is 6.51. The molecule has 0 unspecified atom stereocenters. The molecule has 1 aliphatic heterocycles. The van der Waals surface area contributed by atoms with Gasteiger partial charge in [-0.1, -0.05) is 30.6 Å². The summed E-state index contributed by atoms with van der Waals surface area (Å²) in [5.74, 6) is 0.721. The number of nitro groups is 1. The van der Waals surface area contributed by atoms with Crippen molar-refractivity contribution in [2.24, 2.45) is 5.92 Å². The molecule has 0 bridgehead atoms. The molecule has 2 aromatic rings. The molecular formula is C21H25F3N4O3S. The fourth-order valence-corrected chi connectivity index (χ4v) is 5.99. The van der Waals surface area contributed by atoms with Crippen LogP contribution in [-0.4, -0.2) is 47.5 Å². The Morgan fingerprint density at radius 2 is 1.84 bits per heavy atom. The van der Waals surface area contributed by atoms with Crippen molar-refractivity contribution >= 4 is 32.2 Å². The van der Waals surface area contributed by atoms with Crippen molar-refractivity contribution in [3.63, 3.8) is 0 Å². The van der Waals surface area contributed by atoms with E-state index in [9.17, 15) is 28.1 Å². The van der Waals surface area contributed by atoms with Crippen LogP contribution in [0.1, 0.15) is 43.2 Å². The topological polar surface area (TPSA) is 79.6 Å². The zero-order valence-electron chi connectivity index (χ0n) is 17.8. The lowest BCUT2D eigenvalue weighted by atomic mass is 9.89. The Labute approximate surface area is 187 Å². The van der Waals surface area contributed by atoms with Crippen molar-refractivity contribution in [3.05, 3.63) is 37.7 Å². The van der Waals surface area contributed by atoms with Crippen LogP contribution in [0.3, 0.4) is 0 Å². The van der Waals surface area contributed by atoms with Crippen LogP contribution in [-0.2, 0) is 6.18 Å². The first kappa shape index (κ1) is 22.9. The lowest BCUT2D eigenvalue weighted by molar-refractivity contribution is -0.383. The highest BCUT2D eigenvalue weighted by Crippen LogP contribution is 2.41. The number of fused-ring (bicyclic) bond motifs is 1. The number of non-ortho nitro benzene ring substituents is 1. The number of halogens is 3. The molecular weight excluding hydrogens is 445 g/mol. The minimum atomic E-state index is -4.80. The number of rotatable bonds is 4. The van der Waals surface area contributed by atoms with Gasteiger partial charge in [0.25, 0.3) is 11.2 Å². The van der Waals surface area contributed by atoms with Gasteiger partial charge < -0.3 is 4.90 Å². The average molecular weight is 471 g/mol. The highest BCUT2D eigenvalue weighted by molar-refractivity contribution is 7.22. The van der Waals surface area contributed by atoms with E-state index in [-0.39, 0.29) is 15.6 Å². The Morgan fingerprint density at radius 3 is 2.44 bits per heavy atom. The standard InChI is InChI=1S/C21H25F3N4O3S/c1-13-15(21(22,23)24)11-16(28(30)31)18-17(13)19(29)25-20(32-18)27-9-7-26(8-10-27)12-14-5-3-2-4-6-14/h11,14H,2-10,12H2,1H3. The molecule has 0 radical (unpaired) electrons. The second-order valence-electron chi connectivity index (χ2n) is 8.62. The number of benzene rings is 1. The molecule has 2 heterocycles. The van der Waals surface area contributed by atoms with Gasteiger partial charge in [-0.25, -0.2) is 0 Å². The molecule has 32 heavy (non-hydrogen) atoms. The molecule has 0 atom stereocenters. The highest BCUT2D eigenvalue weighted by Gasteiger charge is 2.37. The van der Waals surface area contributed by atoms with Crippen molar-refractivity contribution in [1.82, 2.24) is 9.88 Å². The molecule has 7 nitrogen and oxygen atoms in total. The molecule has 0 amide bonds. The van der Waals surface area contributed by atoms with Gasteiger partial charge in [0.1, 0.15) is 4.70 Å². The number of hydrogen-bond acceptors (Lipinski definition) is 7. The summed E-state index contributed by atoms with van der Waals surface area (Å²) in [6, 6.07) is 0.527. The monoisotopic (exact) mass is 470 g/mol. The number of piperazine rings is 1. The van der Waals surface area contributed by atoms with E-state index in [1.807, 2.05) is 4.90 Å². The van der Waals surface area contributed by atoms with Crippen LogP contribution >= 0.6 is 11.3 Å². The fraction of sp³-hybridized carbons (Fsp3) is 0.619. The first-order valence-electron chi connectivity index (χ1n) is 10.8. The molecule has 1 aromatic heterocycles. The molecule has 1 aliphatic carbocycles. The van der Waals surface area contributed by atoms with Gasteiger partial charge in [-0.05, 0) is 31.2 Å². The molecule has 1 aromatic carbocycles. The van der Waals surface area contributed by atoms with Crippen LogP contribution in [0, 0.1) is 23.0 Å². The predicted molar refractivity (Wildman–Crippen MR) is 118 cm³/mol. The Hall–Kier alpha value is -2.27. The fourth-order valence-electron chi connectivity index (χ4n) is 4.78. The van der Waals surface area contributed by atoms with Gasteiger partial charge in [-0.2, -0.15) is 18.2 Å². The zero-order valence-corrected chi connectivity index (χ0v) is 18.6. The normalized spacial score (nSPS) is 18.9. The van der Waals surface area contributed by atoms with Gasteiger partial charge in [-0.15, -0.1) is 0 Å². The molecule has 174 valence electrons. The Bertz CT molecular complexity index is 1070.